The second-order valence-corrected chi connectivity index (χ2v) is 10.2. The van der Waals surface area contributed by atoms with Gasteiger partial charge in [0.1, 0.15) is 11.5 Å². The van der Waals surface area contributed by atoms with Gasteiger partial charge >= 0.3 is 10.2 Å². The lowest BCUT2D eigenvalue weighted by molar-refractivity contribution is 0.591. The molecule has 0 bridgehead atoms. The summed E-state index contributed by atoms with van der Waals surface area (Å²) in [7, 11) is -4.09. The zero-order valence-electron chi connectivity index (χ0n) is 17.8. The molecule has 7 nitrogen and oxygen atoms in total. The number of amidine groups is 1. The maximum atomic E-state index is 13.0. The zero-order chi connectivity index (χ0) is 23.9. The highest BCUT2D eigenvalue weighted by molar-refractivity contribution is 7.91. The molecular weight excluding hydrogens is 493 g/mol. The number of hydrogen-bond donors (Lipinski definition) is 1. The topological polar surface area (TPSA) is 93.6 Å². The zero-order valence-corrected chi connectivity index (χ0v) is 20.1. The van der Waals surface area contributed by atoms with Crippen molar-refractivity contribution in [3.8, 4) is 11.4 Å². The maximum Gasteiger partial charge on any atom is 0.348 e. The maximum absolute atomic E-state index is 13.0. The number of fused-ring (bicyclic) bond motifs is 1. The number of imidazole rings is 1. The number of benzene rings is 3. The van der Waals surface area contributed by atoms with Crippen molar-refractivity contribution in [1.29, 1.82) is 0 Å². The molecule has 172 valence electrons. The van der Waals surface area contributed by atoms with Crippen molar-refractivity contribution in [3.63, 3.8) is 0 Å². The van der Waals surface area contributed by atoms with Crippen LogP contribution in [0.25, 0.3) is 11.4 Å². The molecule has 0 amide bonds. The molecule has 0 aliphatic carbocycles. The molecule has 0 radical (unpaired) electrons. The molecule has 0 spiro atoms. The van der Waals surface area contributed by atoms with Gasteiger partial charge in [-0.15, -0.1) is 4.40 Å². The van der Waals surface area contributed by atoms with Crippen molar-refractivity contribution < 1.29 is 8.42 Å². The van der Waals surface area contributed by atoms with Crippen LogP contribution in [0, 0.1) is 0 Å². The van der Waals surface area contributed by atoms with Gasteiger partial charge in [-0.1, -0.05) is 77.8 Å². The van der Waals surface area contributed by atoms with Gasteiger partial charge in [0.25, 0.3) is 0 Å². The molecule has 3 aromatic carbocycles. The highest BCUT2D eigenvalue weighted by atomic mass is 35.5. The second-order valence-electron chi connectivity index (χ2n) is 7.77. The van der Waals surface area contributed by atoms with Gasteiger partial charge in [-0.2, -0.15) is 8.42 Å². The molecule has 5 rings (SSSR count). The van der Waals surface area contributed by atoms with E-state index in [-0.39, 0.29) is 18.2 Å². The molecule has 0 fully saturated rings. The normalized spacial score (nSPS) is 14.5. The van der Waals surface area contributed by atoms with E-state index in [2.05, 4.69) is 4.40 Å². The quantitative estimate of drug-likeness (QED) is 0.413. The Morgan fingerprint density at radius 1 is 0.794 bits per heavy atom. The van der Waals surface area contributed by atoms with E-state index in [1.807, 2.05) is 47.0 Å². The summed E-state index contributed by atoms with van der Waals surface area (Å²) in [5.41, 5.74) is 9.17. The van der Waals surface area contributed by atoms with Gasteiger partial charge in [0.15, 0.2) is 11.7 Å². The Balaban J connectivity index is 1.68. The molecule has 1 aliphatic rings. The van der Waals surface area contributed by atoms with Gasteiger partial charge in [-0.05, 0) is 35.4 Å². The fraction of sp³-hybridized carbons (Fsp3) is 0.0833. The van der Waals surface area contributed by atoms with Gasteiger partial charge in [-0.3, -0.25) is 0 Å². The van der Waals surface area contributed by atoms with Gasteiger partial charge in [-0.25, -0.2) is 9.29 Å². The van der Waals surface area contributed by atoms with Crippen LogP contribution in [-0.4, -0.2) is 23.8 Å². The van der Waals surface area contributed by atoms with E-state index in [0.717, 1.165) is 16.7 Å². The highest BCUT2D eigenvalue weighted by Gasteiger charge is 2.36. The number of hydrogen-bond acceptors (Lipinski definition) is 4. The molecule has 0 atom stereocenters. The summed E-state index contributed by atoms with van der Waals surface area (Å²) in [4.78, 5) is 4.77. The third-order valence-corrected chi connectivity index (χ3v) is 7.24. The summed E-state index contributed by atoms with van der Waals surface area (Å²) in [5, 5.41) is 1.19. The summed E-state index contributed by atoms with van der Waals surface area (Å²) in [5.74, 6) is 0.707. The molecule has 0 unspecified atom stereocenters. The Hall–Kier alpha value is -3.33. The van der Waals surface area contributed by atoms with Crippen molar-refractivity contribution in [2.75, 3.05) is 4.31 Å². The fourth-order valence-corrected chi connectivity index (χ4v) is 5.18. The monoisotopic (exact) mass is 511 g/mol. The predicted octanol–water partition coefficient (Wildman–Crippen LogP) is 4.88. The average Bonchev–Trinajstić information content (AvgIpc) is 3.19. The summed E-state index contributed by atoms with van der Waals surface area (Å²) < 4.78 is 33.0. The van der Waals surface area contributed by atoms with Crippen LogP contribution in [0.15, 0.2) is 83.3 Å². The number of nitrogens with zero attached hydrogens (tertiary/aromatic N) is 4. The Morgan fingerprint density at radius 3 is 1.94 bits per heavy atom. The van der Waals surface area contributed by atoms with Crippen molar-refractivity contribution in [2.45, 2.75) is 13.1 Å². The van der Waals surface area contributed by atoms with E-state index in [9.17, 15) is 8.42 Å². The first-order valence-electron chi connectivity index (χ1n) is 10.3. The molecule has 1 aromatic heterocycles. The molecule has 2 N–H and O–H groups in total. The summed E-state index contributed by atoms with van der Waals surface area (Å²) in [6.07, 6.45) is 0. The number of aromatic nitrogens is 2. The predicted molar refractivity (Wildman–Crippen MR) is 135 cm³/mol. The molecule has 0 saturated carbocycles. The SMILES string of the molecule is NC1=NS(=O)(=O)N(Cc2ccc(Cl)cc2)c2nc(-c3ccccc3)n(Cc3ccc(Cl)cc3)c21. The Morgan fingerprint density at radius 2 is 1.35 bits per heavy atom. The fourth-order valence-electron chi connectivity index (χ4n) is 3.84. The second kappa shape index (κ2) is 8.79. The number of nitrogens with two attached hydrogens (primary N) is 1. The number of rotatable bonds is 5. The minimum Gasteiger partial charge on any atom is -0.381 e. The minimum absolute atomic E-state index is 0.0372. The summed E-state index contributed by atoms with van der Waals surface area (Å²) in [6, 6.07) is 23.9. The Bertz CT molecular complexity index is 1480. The summed E-state index contributed by atoms with van der Waals surface area (Å²) >= 11 is 12.1. The van der Waals surface area contributed by atoms with Crippen LogP contribution in [0.4, 0.5) is 5.82 Å². The number of halogens is 2. The van der Waals surface area contributed by atoms with Crippen LogP contribution in [0.2, 0.25) is 10.0 Å². The first-order valence-corrected chi connectivity index (χ1v) is 12.5. The molecule has 10 heteroatoms. The van der Waals surface area contributed by atoms with E-state index in [1.165, 1.54) is 4.31 Å². The largest absolute Gasteiger partial charge is 0.381 e. The van der Waals surface area contributed by atoms with E-state index in [1.54, 1.807) is 36.4 Å². The van der Waals surface area contributed by atoms with Gasteiger partial charge in [0, 0.05) is 22.2 Å². The van der Waals surface area contributed by atoms with Crippen LogP contribution < -0.4 is 10.0 Å². The summed E-state index contributed by atoms with van der Waals surface area (Å²) in [6.45, 7) is 0.435. The molecule has 4 aromatic rings. The standard InChI is InChI=1S/C24H19Cl2N5O2S/c25-19-10-6-16(7-11-19)14-30-21-22(27)29-34(32,33)31(15-17-8-12-20(26)13-9-17)24(21)28-23(30)18-4-2-1-3-5-18/h1-13H,14-15H2,(H2,27,29). The van der Waals surface area contributed by atoms with Crippen molar-refractivity contribution in [3.05, 3.63) is 106 Å². The molecular formula is C24H19Cl2N5O2S. The highest BCUT2D eigenvalue weighted by Crippen LogP contribution is 2.34. The van der Waals surface area contributed by atoms with Crippen LogP contribution in [0.5, 0.6) is 0 Å². The lowest BCUT2D eigenvalue weighted by Crippen LogP contribution is -2.37. The number of anilines is 1. The lowest BCUT2D eigenvalue weighted by atomic mass is 10.2. The van der Waals surface area contributed by atoms with E-state index < -0.39 is 10.2 Å². The third-order valence-electron chi connectivity index (χ3n) is 5.45. The Labute approximate surface area is 207 Å². The first kappa shape index (κ1) is 22.5. The van der Waals surface area contributed by atoms with E-state index >= 15 is 0 Å². The van der Waals surface area contributed by atoms with E-state index in [0.29, 0.717) is 28.1 Å². The molecule has 1 aliphatic heterocycles. The molecule has 2 heterocycles. The third kappa shape index (κ3) is 4.27. The van der Waals surface area contributed by atoms with Crippen LogP contribution in [-0.2, 0) is 23.3 Å². The van der Waals surface area contributed by atoms with Crippen LogP contribution in [0.3, 0.4) is 0 Å². The lowest BCUT2D eigenvalue weighted by Gasteiger charge is -2.25. The first-order chi connectivity index (χ1) is 16.3. The molecule has 0 saturated heterocycles. The average molecular weight is 512 g/mol. The van der Waals surface area contributed by atoms with E-state index in [4.69, 9.17) is 33.9 Å². The van der Waals surface area contributed by atoms with Crippen LogP contribution >= 0.6 is 23.2 Å². The smallest absolute Gasteiger partial charge is 0.348 e. The van der Waals surface area contributed by atoms with Crippen molar-refractivity contribution in [2.24, 2.45) is 10.1 Å². The van der Waals surface area contributed by atoms with Gasteiger partial charge < -0.3 is 10.3 Å². The van der Waals surface area contributed by atoms with Crippen molar-refractivity contribution >= 4 is 45.1 Å². The molecule has 34 heavy (non-hydrogen) atoms. The minimum atomic E-state index is -4.09. The van der Waals surface area contributed by atoms with Gasteiger partial charge in [0.2, 0.25) is 0 Å². The van der Waals surface area contributed by atoms with Crippen LogP contribution in [0.1, 0.15) is 16.8 Å². The van der Waals surface area contributed by atoms with Gasteiger partial charge in [0.05, 0.1) is 6.54 Å². The Kier molecular flexibility index (Phi) is 5.81. The van der Waals surface area contributed by atoms with Crippen molar-refractivity contribution in [1.82, 2.24) is 9.55 Å².